The van der Waals surface area contributed by atoms with Gasteiger partial charge in [-0.25, -0.2) is 4.68 Å². The SMILES string of the molecule is COC(=O)CC(NC(=O)c1cnn(-c2ccc([N+](=O)[O-])cc2)c1)c1cccs1. The van der Waals surface area contributed by atoms with Crippen LogP contribution in [0.25, 0.3) is 5.69 Å². The Balaban J connectivity index is 1.75. The molecule has 0 fully saturated rings. The Bertz CT molecular complexity index is 982. The minimum Gasteiger partial charge on any atom is -0.469 e. The lowest BCUT2D eigenvalue weighted by molar-refractivity contribution is -0.384. The van der Waals surface area contributed by atoms with Crippen molar-refractivity contribution in [3.63, 3.8) is 0 Å². The molecule has 3 rings (SSSR count). The number of ether oxygens (including phenoxy) is 1. The summed E-state index contributed by atoms with van der Waals surface area (Å²) in [4.78, 5) is 35.4. The first-order valence-electron chi connectivity index (χ1n) is 8.18. The Morgan fingerprint density at radius 1 is 1.32 bits per heavy atom. The van der Waals surface area contributed by atoms with Crippen molar-refractivity contribution in [1.82, 2.24) is 15.1 Å². The van der Waals surface area contributed by atoms with Gasteiger partial charge in [0.05, 0.1) is 41.9 Å². The third kappa shape index (κ3) is 4.41. The van der Waals surface area contributed by atoms with Crippen molar-refractivity contribution < 1.29 is 19.2 Å². The van der Waals surface area contributed by atoms with Crippen LogP contribution in [0.4, 0.5) is 5.69 Å². The van der Waals surface area contributed by atoms with Crippen molar-refractivity contribution >= 4 is 28.9 Å². The normalized spacial score (nSPS) is 11.6. The van der Waals surface area contributed by atoms with Gasteiger partial charge in [0, 0.05) is 23.2 Å². The molecule has 10 heteroatoms. The standard InChI is InChI=1S/C18H16N4O5S/c1-27-17(23)9-15(16-3-2-8-28-16)20-18(24)12-10-19-21(11-12)13-4-6-14(7-5-13)22(25)26/h2-8,10-11,15H,9H2,1H3,(H,20,24). The molecule has 2 aromatic heterocycles. The van der Waals surface area contributed by atoms with E-state index in [0.29, 0.717) is 11.3 Å². The predicted molar refractivity (Wildman–Crippen MR) is 101 cm³/mol. The molecule has 0 aliphatic heterocycles. The highest BCUT2D eigenvalue weighted by Crippen LogP contribution is 2.23. The Labute approximate surface area is 163 Å². The number of amides is 1. The quantitative estimate of drug-likeness (QED) is 0.370. The number of methoxy groups -OCH3 is 1. The minimum atomic E-state index is -0.511. The first-order valence-corrected chi connectivity index (χ1v) is 9.06. The van der Waals surface area contributed by atoms with Crippen molar-refractivity contribution in [2.45, 2.75) is 12.5 Å². The van der Waals surface area contributed by atoms with E-state index in [0.717, 1.165) is 4.88 Å². The first-order chi connectivity index (χ1) is 13.5. The summed E-state index contributed by atoms with van der Waals surface area (Å²) in [6, 6.07) is 8.96. The van der Waals surface area contributed by atoms with E-state index >= 15 is 0 Å². The van der Waals surface area contributed by atoms with Crippen LogP contribution < -0.4 is 5.32 Å². The number of hydrogen-bond donors (Lipinski definition) is 1. The van der Waals surface area contributed by atoms with Crippen LogP contribution >= 0.6 is 11.3 Å². The lowest BCUT2D eigenvalue weighted by Gasteiger charge is -2.15. The molecule has 2 heterocycles. The molecule has 1 atom stereocenters. The molecule has 0 spiro atoms. The second-order valence-electron chi connectivity index (χ2n) is 5.77. The van der Waals surface area contributed by atoms with E-state index in [1.54, 1.807) is 12.1 Å². The van der Waals surface area contributed by atoms with Gasteiger partial charge in [0.15, 0.2) is 0 Å². The summed E-state index contributed by atoms with van der Waals surface area (Å²) >= 11 is 1.43. The number of rotatable bonds is 7. The van der Waals surface area contributed by atoms with E-state index in [1.807, 2.05) is 17.5 Å². The molecule has 0 aliphatic carbocycles. The Hall–Kier alpha value is -3.53. The van der Waals surface area contributed by atoms with Gasteiger partial charge in [0.2, 0.25) is 0 Å². The summed E-state index contributed by atoms with van der Waals surface area (Å²) in [6.45, 7) is 0. The zero-order chi connectivity index (χ0) is 20.1. The summed E-state index contributed by atoms with van der Waals surface area (Å²) < 4.78 is 6.15. The summed E-state index contributed by atoms with van der Waals surface area (Å²) in [7, 11) is 1.30. The van der Waals surface area contributed by atoms with Crippen LogP contribution in [0.1, 0.15) is 27.7 Å². The van der Waals surface area contributed by atoms with Gasteiger partial charge in [0.25, 0.3) is 11.6 Å². The number of aromatic nitrogens is 2. The Morgan fingerprint density at radius 2 is 2.07 bits per heavy atom. The lowest BCUT2D eigenvalue weighted by Crippen LogP contribution is -2.29. The lowest BCUT2D eigenvalue weighted by atomic mass is 10.1. The van der Waals surface area contributed by atoms with Crippen LogP contribution in [0.3, 0.4) is 0 Å². The maximum Gasteiger partial charge on any atom is 0.307 e. The molecule has 0 bridgehead atoms. The third-order valence-corrected chi connectivity index (χ3v) is 4.95. The van der Waals surface area contributed by atoms with Crippen LogP contribution in [0.2, 0.25) is 0 Å². The number of benzene rings is 1. The monoisotopic (exact) mass is 400 g/mol. The molecule has 3 aromatic rings. The smallest absolute Gasteiger partial charge is 0.307 e. The largest absolute Gasteiger partial charge is 0.469 e. The molecule has 28 heavy (non-hydrogen) atoms. The van der Waals surface area contributed by atoms with Crippen molar-refractivity contribution in [3.8, 4) is 5.69 Å². The molecule has 0 aliphatic rings. The van der Waals surface area contributed by atoms with E-state index in [-0.39, 0.29) is 12.1 Å². The van der Waals surface area contributed by atoms with Crippen molar-refractivity contribution in [1.29, 1.82) is 0 Å². The fourth-order valence-corrected chi connectivity index (χ4v) is 3.29. The maximum absolute atomic E-state index is 12.6. The van der Waals surface area contributed by atoms with E-state index < -0.39 is 22.8 Å². The fourth-order valence-electron chi connectivity index (χ4n) is 2.51. The molecule has 0 saturated heterocycles. The molecule has 9 nitrogen and oxygen atoms in total. The number of non-ortho nitro benzene ring substituents is 1. The average molecular weight is 400 g/mol. The average Bonchev–Trinajstić information content (AvgIpc) is 3.39. The van der Waals surface area contributed by atoms with Crippen molar-refractivity contribution in [2.24, 2.45) is 0 Å². The van der Waals surface area contributed by atoms with Crippen LogP contribution in [0.15, 0.2) is 54.2 Å². The van der Waals surface area contributed by atoms with Crippen LogP contribution in [0.5, 0.6) is 0 Å². The zero-order valence-electron chi connectivity index (χ0n) is 14.8. The van der Waals surface area contributed by atoms with Gasteiger partial charge < -0.3 is 10.1 Å². The summed E-state index contributed by atoms with van der Waals surface area (Å²) in [5.41, 5.74) is 0.842. The van der Waals surface area contributed by atoms with Crippen LogP contribution in [-0.4, -0.2) is 33.7 Å². The van der Waals surface area contributed by atoms with E-state index in [1.165, 1.54) is 47.7 Å². The number of carbonyl (C=O) groups is 2. The molecule has 0 radical (unpaired) electrons. The van der Waals surface area contributed by atoms with E-state index in [9.17, 15) is 19.7 Å². The topological polar surface area (TPSA) is 116 Å². The van der Waals surface area contributed by atoms with Gasteiger partial charge in [0.1, 0.15) is 0 Å². The summed E-state index contributed by atoms with van der Waals surface area (Å²) in [5.74, 6) is -0.823. The van der Waals surface area contributed by atoms with E-state index in [4.69, 9.17) is 4.74 Å². The molecule has 1 aromatic carbocycles. The number of nitrogens with zero attached hydrogens (tertiary/aromatic N) is 3. The Kier molecular flexibility index (Phi) is 5.80. The number of thiophene rings is 1. The first kappa shape index (κ1) is 19.2. The van der Waals surface area contributed by atoms with Gasteiger partial charge in [-0.1, -0.05) is 6.07 Å². The maximum atomic E-state index is 12.6. The Morgan fingerprint density at radius 3 is 2.68 bits per heavy atom. The highest BCUT2D eigenvalue weighted by molar-refractivity contribution is 7.10. The molecule has 1 unspecified atom stereocenters. The van der Waals surface area contributed by atoms with Gasteiger partial charge in [-0.05, 0) is 23.6 Å². The van der Waals surface area contributed by atoms with Gasteiger partial charge in [-0.3, -0.25) is 19.7 Å². The summed E-state index contributed by atoms with van der Waals surface area (Å²) in [5, 5.41) is 19.5. The van der Waals surface area contributed by atoms with Crippen LogP contribution in [0, 0.1) is 10.1 Å². The number of esters is 1. The predicted octanol–water partition coefficient (Wildman–Crippen LogP) is 2.88. The van der Waals surface area contributed by atoms with Gasteiger partial charge in [-0.15, -0.1) is 11.3 Å². The number of carbonyl (C=O) groups excluding carboxylic acids is 2. The van der Waals surface area contributed by atoms with Crippen molar-refractivity contribution in [3.05, 3.63) is 74.7 Å². The molecular formula is C18H16N4O5S. The second kappa shape index (κ2) is 8.44. The molecular weight excluding hydrogens is 384 g/mol. The summed E-state index contributed by atoms with van der Waals surface area (Å²) in [6.07, 6.45) is 2.92. The number of nitro groups is 1. The van der Waals surface area contributed by atoms with Crippen LogP contribution in [-0.2, 0) is 9.53 Å². The highest BCUT2D eigenvalue weighted by atomic mass is 32.1. The third-order valence-electron chi connectivity index (χ3n) is 3.96. The molecule has 144 valence electrons. The molecule has 1 N–H and O–H groups in total. The zero-order valence-corrected chi connectivity index (χ0v) is 15.6. The second-order valence-corrected chi connectivity index (χ2v) is 6.75. The molecule has 1 amide bonds. The van der Waals surface area contributed by atoms with Crippen molar-refractivity contribution in [2.75, 3.05) is 7.11 Å². The van der Waals surface area contributed by atoms with Gasteiger partial charge >= 0.3 is 5.97 Å². The number of nitrogens with one attached hydrogen (secondary N) is 1. The van der Waals surface area contributed by atoms with E-state index in [2.05, 4.69) is 10.4 Å². The highest BCUT2D eigenvalue weighted by Gasteiger charge is 2.21. The minimum absolute atomic E-state index is 0.0131. The molecule has 0 saturated carbocycles. The number of hydrogen-bond acceptors (Lipinski definition) is 7. The van der Waals surface area contributed by atoms with Gasteiger partial charge in [-0.2, -0.15) is 5.10 Å². The fraction of sp³-hybridized carbons (Fsp3) is 0.167. The number of nitro benzene ring substituents is 1.